The molecule has 0 amide bonds. The third-order valence-electron chi connectivity index (χ3n) is 16.5. The highest BCUT2D eigenvalue weighted by molar-refractivity contribution is 6.16. The number of pyridine rings is 2. The zero-order chi connectivity index (χ0) is 52.2. The van der Waals surface area contributed by atoms with Gasteiger partial charge in [0.15, 0.2) is 0 Å². The molecule has 72 heavy (non-hydrogen) atoms. The van der Waals surface area contributed by atoms with E-state index >= 15 is 0 Å². The molecule has 9 aromatic rings. The molecule has 0 bridgehead atoms. The summed E-state index contributed by atoms with van der Waals surface area (Å²) in [5, 5.41) is 15.1. The maximum atomic E-state index is 12.7. The Labute approximate surface area is 429 Å². The second-order valence-electron chi connectivity index (χ2n) is 27.7. The Morgan fingerprint density at radius 2 is 1.21 bits per heavy atom. The van der Waals surface area contributed by atoms with E-state index in [1.165, 1.54) is 44.2 Å². The molecule has 4 heterocycles. The Bertz CT molecular complexity index is 3670. The standard InChI is InChI=1S/C67H78N4O/c1-61(2,3)37-41-38-70-57-46(56-53-48(30-31-68-56)66(16,17)67(18,19)54(41)58(53)70)32-40(33-49(57)64(10,11)12)44-26-23-27-52-55(44)69-60(47-35-43(63(7,8)9)36-50(59(47)72)65(13,14)15)71(52)51-29-28-42(62(4,5)6)34-45(51)39-24-21-20-22-25-39/h20-36,38,72H,37H2,1-19H3. The highest BCUT2D eigenvalue weighted by atomic mass is 16.3. The fourth-order valence-corrected chi connectivity index (χ4v) is 11.9. The van der Waals surface area contributed by atoms with Gasteiger partial charge >= 0.3 is 0 Å². The molecule has 0 spiro atoms. The molecule has 0 radical (unpaired) electrons. The average Bonchev–Trinajstić information content (AvgIpc) is 3.85. The third-order valence-corrected chi connectivity index (χ3v) is 16.5. The van der Waals surface area contributed by atoms with Crippen molar-refractivity contribution in [2.45, 2.75) is 170 Å². The number of hydrogen-bond donors (Lipinski definition) is 1. The van der Waals surface area contributed by atoms with Crippen molar-refractivity contribution in [3.8, 4) is 45.1 Å². The Balaban J connectivity index is 1.36. The molecule has 0 aliphatic heterocycles. The zero-order valence-corrected chi connectivity index (χ0v) is 46.8. The van der Waals surface area contributed by atoms with Crippen LogP contribution in [-0.2, 0) is 38.9 Å². The zero-order valence-electron chi connectivity index (χ0n) is 46.8. The normalized spacial score (nSPS) is 15.2. The van der Waals surface area contributed by atoms with Crippen molar-refractivity contribution in [1.29, 1.82) is 0 Å². The maximum absolute atomic E-state index is 12.7. The van der Waals surface area contributed by atoms with E-state index in [4.69, 9.17) is 9.97 Å². The Hall–Kier alpha value is -6.20. The molecule has 372 valence electrons. The number of phenolic OH excluding ortho intramolecular Hbond substituents is 1. The lowest BCUT2D eigenvalue weighted by molar-refractivity contribution is 0.299. The minimum Gasteiger partial charge on any atom is -0.507 e. The van der Waals surface area contributed by atoms with E-state index in [9.17, 15) is 5.11 Å². The van der Waals surface area contributed by atoms with Crippen molar-refractivity contribution in [3.63, 3.8) is 0 Å². The van der Waals surface area contributed by atoms with Crippen LogP contribution in [-0.4, -0.2) is 24.0 Å². The first-order valence-corrected chi connectivity index (χ1v) is 26.3. The Morgan fingerprint density at radius 3 is 1.83 bits per heavy atom. The van der Waals surface area contributed by atoms with Gasteiger partial charge in [0.1, 0.15) is 11.6 Å². The molecule has 0 atom stereocenters. The van der Waals surface area contributed by atoms with Crippen molar-refractivity contribution >= 4 is 38.4 Å². The van der Waals surface area contributed by atoms with Crippen LogP contribution in [0.5, 0.6) is 5.75 Å². The van der Waals surface area contributed by atoms with Gasteiger partial charge in [-0.15, -0.1) is 0 Å². The highest BCUT2D eigenvalue weighted by Gasteiger charge is 2.48. The molecule has 4 aromatic heterocycles. The number of nitrogens with zero attached hydrogens (tertiary/aromatic N) is 4. The lowest BCUT2D eigenvalue weighted by Gasteiger charge is -2.46. The first-order valence-electron chi connectivity index (χ1n) is 26.3. The fraction of sp³-hybridized carbons (Fsp3) is 0.403. The van der Waals surface area contributed by atoms with Gasteiger partial charge in [-0.1, -0.05) is 186 Å². The smallest absolute Gasteiger partial charge is 0.149 e. The van der Waals surface area contributed by atoms with Gasteiger partial charge < -0.3 is 9.51 Å². The van der Waals surface area contributed by atoms with Crippen LogP contribution in [0.25, 0.3) is 77.7 Å². The average molecular weight is 955 g/mol. The van der Waals surface area contributed by atoms with Crippen molar-refractivity contribution in [2.75, 3.05) is 0 Å². The van der Waals surface area contributed by atoms with Crippen LogP contribution in [0.3, 0.4) is 0 Å². The summed E-state index contributed by atoms with van der Waals surface area (Å²) in [6, 6.07) is 35.8. The van der Waals surface area contributed by atoms with Crippen LogP contribution in [0.4, 0.5) is 0 Å². The molecule has 5 aromatic carbocycles. The molecule has 1 N–H and O–H groups in total. The molecular formula is C67H78N4O. The summed E-state index contributed by atoms with van der Waals surface area (Å²) in [7, 11) is 0. The van der Waals surface area contributed by atoms with Crippen LogP contribution in [0.2, 0.25) is 0 Å². The van der Waals surface area contributed by atoms with Crippen molar-refractivity contribution < 1.29 is 5.11 Å². The van der Waals surface area contributed by atoms with Crippen molar-refractivity contribution in [3.05, 3.63) is 148 Å². The van der Waals surface area contributed by atoms with Gasteiger partial charge in [-0.05, 0) is 126 Å². The Kier molecular flexibility index (Phi) is 10.9. The predicted molar refractivity (Wildman–Crippen MR) is 307 cm³/mol. The first-order chi connectivity index (χ1) is 33.3. The van der Waals surface area contributed by atoms with Crippen LogP contribution < -0.4 is 0 Å². The molecule has 0 unspecified atom stereocenters. The van der Waals surface area contributed by atoms with E-state index in [0.29, 0.717) is 5.82 Å². The van der Waals surface area contributed by atoms with Crippen LogP contribution in [0.1, 0.15) is 170 Å². The van der Waals surface area contributed by atoms with Crippen LogP contribution in [0.15, 0.2) is 109 Å². The molecule has 0 saturated carbocycles. The first kappa shape index (κ1) is 49.4. The molecule has 10 rings (SSSR count). The third kappa shape index (κ3) is 7.70. The highest BCUT2D eigenvalue weighted by Crippen LogP contribution is 2.56. The quantitative estimate of drug-likeness (QED) is 0.175. The van der Waals surface area contributed by atoms with E-state index < -0.39 is 0 Å². The number of rotatable bonds is 5. The van der Waals surface area contributed by atoms with Crippen molar-refractivity contribution in [2.24, 2.45) is 5.41 Å². The lowest BCUT2D eigenvalue weighted by atomic mass is 9.57. The van der Waals surface area contributed by atoms with Gasteiger partial charge in [-0.2, -0.15) is 0 Å². The maximum Gasteiger partial charge on any atom is 0.149 e. The minimum atomic E-state index is -0.332. The molecule has 0 fully saturated rings. The molecule has 5 nitrogen and oxygen atoms in total. The summed E-state index contributed by atoms with van der Waals surface area (Å²) >= 11 is 0. The van der Waals surface area contributed by atoms with Crippen LogP contribution in [0, 0.1) is 5.41 Å². The van der Waals surface area contributed by atoms with E-state index in [2.05, 4.69) is 244 Å². The largest absolute Gasteiger partial charge is 0.507 e. The van der Waals surface area contributed by atoms with Gasteiger partial charge in [0.2, 0.25) is 0 Å². The molecule has 1 aliphatic carbocycles. The number of phenols is 1. The topological polar surface area (TPSA) is 55.4 Å². The number of benzene rings is 5. The summed E-state index contributed by atoms with van der Waals surface area (Å²) < 4.78 is 4.89. The van der Waals surface area contributed by atoms with E-state index in [-0.39, 0.29) is 43.7 Å². The van der Waals surface area contributed by atoms with Crippen molar-refractivity contribution in [1.82, 2.24) is 18.9 Å². The summed E-state index contributed by atoms with van der Waals surface area (Å²) in [4.78, 5) is 11.2. The lowest BCUT2D eigenvalue weighted by Crippen LogP contribution is -2.43. The summed E-state index contributed by atoms with van der Waals surface area (Å²) in [5.41, 5.74) is 19.3. The van der Waals surface area contributed by atoms with E-state index in [1.54, 1.807) is 0 Å². The number of imidazole rings is 1. The summed E-state index contributed by atoms with van der Waals surface area (Å²) in [6.07, 6.45) is 5.52. The van der Waals surface area contributed by atoms with Gasteiger partial charge in [-0.3, -0.25) is 9.55 Å². The summed E-state index contributed by atoms with van der Waals surface area (Å²) in [6.45, 7) is 44.1. The second-order valence-corrected chi connectivity index (χ2v) is 27.7. The van der Waals surface area contributed by atoms with Gasteiger partial charge in [0, 0.05) is 45.3 Å². The number of aromatic nitrogens is 4. The van der Waals surface area contributed by atoms with E-state index in [0.717, 1.165) is 73.0 Å². The molecular weight excluding hydrogens is 877 g/mol. The van der Waals surface area contributed by atoms with Gasteiger partial charge in [0.25, 0.3) is 0 Å². The molecule has 5 heteroatoms. The van der Waals surface area contributed by atoms with Gasteiger partial charge in [-0.25, -0.2) is 4.98 Å². The fourth-order valence-electron chi connectivity index (χ4n) is 11.9. The number of para-hydroxylation sites is 1. The number of hydrogen-bond acceptors (Lipinski definition) is 3. The minimum absolute atomic E-state index is 0.0802. The molecule has 1 aliphatic rings. The monoisotopic (exact) mass is 955 g/mol. The SMILES string of the molecule is CC(C)(C)Cc1cn2c3c(C(C)(C)C)cc(-c4cccc5c4nc(-c4cc(C(C)(C)C)cc(C(C)(C)C)c4O)n5-c4ccc(C(C)(C)C)cc4-c4ccccc4)cc3c3nccc4c3c2c1C(C)(C)C4(C)C. The molecule has 0 saturated heterocycles. The summed E-state index contributed by atoms with van der Waals surface area (Å²) in [5.74, 6) is 0.976. The van der Waals surface area contributed by atoms with E-state index in [1.807, 2.05) is 6.20 Å². The predicted octanol–water partition coefficient (Wildman–Crippen LogP) is 18.0. The number of aromatic hydroxyl groups is 1. The Morgan fingerprint density at radius 1 is 0.556 bits per heavy atom. The second kappa shape index (κ2) is 15.9. The van der Waals surface area contributed by atoms with Gasteiger partial charge in [0.05, 0.1) is 38.8 Å². The number of fused-ring (bicyclic) bond motifs is 4. The van der Waals surface area contributed by atoms with Crippen LogP contribution >= 0.6 is 0 Å².